The maximum absolute atomic E-state index is 13.3. The lowest BCUT2D eigenvalue weighted by atomic mass is 9.84. The van der Waals surface area contributed by atoms with E-state index < -0.39 is 35.3 Å². The molecule has 6 rings (SSSR count). The number of nitrogens with one attached hydrogen (secondary N) is 4. The smallest absolute Gasteiger partial charge is 0.407 e. The lowest BCUT2D eigenvalue weighted by Crippen LogP contribution is -2.31. The van der Waals surface area contributed by atoms with E-state index in [0.717, 1.165) is 78.6 Å². The van der Waals surface area contributed by atoms with Crippen molar-refractivity contribution in [2.75, 3.05) is 17.7 Å². The van der Waals surface area contributed by atoms with Crippen LogP contribution < -0.4 is 20.8 Å². The van der Waals surface area contributed by atoms with Gasteiger partial charge in [0.15, 0.2) is 23.3 Å². The van der Waals surface area contributed by atoms with Crippen LogP contribution >= 0.6 is 11.8 Å². The lowest BCUT2D eigenvalue weighted by Gasteiger charge is -2.27. The highest BCUT2D eigenvalue weighted by Gasteiger charge is 2.26. The maximum Gasteiger partial charge on any atom is 0.407 e. The molecule has 4 aromatic rings. The average molecular weight is 697 g/mol. The average Bonchev–Trinajstić information content (AvgIpc) is 3.11. The number of halogens is 5. The van der Waals surface area contributed by atoms with Crippen molar-refractivity contribution in [2.24, 2.45) is 0 Å². The first-order valence-electron chi connectivity index (χ1n) is 15.6. The number of carbonyl (C=O) groups is 3. The summed E-state index contributed by atoms with van der Waals surface area (Å²) in [5, 5.41) is 7.97. The zero-order chi connectivity index (χ0) is 35.1. The van der Waals surface area contributed by atoms with Gasteiger partial charge in [0.2, 0.25) is 0 Å². The van der Waals surface area contributed by atoms with Gasteiger partial charge in [-0.2, -0.15) is 0 Å². The van der Waals surface area contributed by atoms with Crippen molar-refractivity contribution < 1.29 is 36.7 Å². The minimum atomic E-state index is -1.03. The highest BCUT2D eigenvalue weighted by molar-refractivity contribution is 6.13. The minimum Gasteiger partial charge on any atom is -0.453 e. The number of alkyl carbamates (subject to hydrolysis) is 1. The molecule has 2 atom stereocenters. The molecule has 0 unspecified atom stereocenters. The van der Waals surface area contributed by atoms with Crippen LogP contribution in [0, 0.1) is 23.3 Å². The normalized spacial score (nSPS) is 16.2. The summed E-state index contributed by atoms with van der Waals surface area (Å²) in [7, 11) is 1.30. The van der Waals surface area contributed by atoms with Crippen LogP contribution in [0.15, 0.2) is 72.8 Å². The van der Waals surface area contributed by atoms with Gasteiger partial charge in [-0.3, -0.25) is 9.59 Å². The maximum atomic E-state index is 13.3. The molecule has 0 fully saturated rings. The third-order valence-corrected chi connectivity index (χ3v) is 8.73. The second-order valence-electron chi connectivity index (χ2n) is 11.5. The Balaban J connectivity index is 0.000000192. The van der Waals surface area contributed by atoms with Crippen LogP contribution in [-0.2, 0) is 17.6 Å². The number of hydrogen-bond acceptors (Lipinski definition) is 5. The molecule has 13 heteroatoms. The lowest BCUT2D eigenvalue weighted by molar-refractivity contribution is 0.101. The van der Waals surface area contributed by atoms with Gasteiger partial charge >= 0.3 is 6.09 Å². The van der Waals surface area contributed by atoms with Crippen molar-refractivity contribution >= 4 is 41.1 Å². The van der Waals surface area contributed by atoms with Gasteiger partial charge in [-0.15, -0.1) is 0 Å². The van der Waals surface area contributed by atoms with E-state index >= 15 is 0 Å². The fourth-order valence-electron chi connectivity index (χ4n) is 6.13. The molecule has 0 radical (unpaired) electrons. The Labute approximate surface area is 285 Å². The number of fused-ring (bicyclic) bond motifs is 2. The van der Waals surface area contributed by atoms with E-state index in [1.165, 1.54) is 19.2 Å². The van der Waals surface area contributed by atoms with E-state index in [4.69, 9.17) is 11.8 Å². The highest BCUT2D eigenvalue weighted by atomic mass is 35.5. The second kappa shape index (κ2) is 16.0. The number of anilines is 2. The molecule has 0 aliphatic heterocycles. The quantitative estimate of drug-likeness (QED) is 0.120. The Morgan fingerprint density at radius 2 is 1.14 bits per heavy atom. The molecule has 3 amide bonds. The molecule has 0 saturated carbocycles. The van der Waals surface area contributed by atoms with Crippen LogP contribution in [0.2, 0.25) is 0 Å². The Morgan fingerprint density at radius 1 is 0.673 bits per heavy atom. The van der Waals surface area contributed by atoms with Crippen LogP contribution in [-0.4, -0.2) is 25.0 Å². The van der Waals surface area contributed by atoms with E-state index in [2.05, 4.69) is 25.5 Å². The van der Waals surface area contributed by atoms with E-state index in [9.17, 15) is 31.9 Å². The molecule has 0 aromatic heterocycles. The number of amides is 3. The predicted octanol–water partition coefficient (Wildman–Crippen LogP) is 8.29. The number of carbonyl (C=O) groups excluding carboxylic acids is 3. The molecule has 0 heterocycles. The number of ether oxygens (including phenoxy) is 1. The zero-order valence-corrected chi connectivity index (χ0v) is 27.1. The fourth-order valence-corrected chi connectivity index (χ4v) is 6.36. The molecule has 2 aliphatic rings. The zero-order valence-electron chi connectivity index (χ0n) is 26.3. The number of rotatable bonds is 6. The van der Waals surface area contributed by atoms with E-state index in [0.29, 0.717) is 17.5 Å². The van der Waals surface area contributed by atoms with Crippen molar-refractivity contribution in [3.8, 4) is 0 Å². The van der Waals surface area contributed by atoms with Gasteiger partial charge in [0.05, 0.1) is 13.2 Å². The van der Waals surface area contributed by atoms with Gasteiger partial charge < -0.3 is 20.7 Å². The molecule has 2 aliphatic carbocycles. The first-order valence-corrected chi connectivity index (χ1v) is 15.9. The Hall–Kier alpha value is -4.94. The molecule has 8 nitrogen and oxygen atoms in total. The molecule has 4 aromatic carbocycles. The van der Waals surface area contributed by atoms with Crippen LogP contribution in [0.25, 0.3) is 0 Å². The monoisotopic (exact) mass is 696 g/mol. The molecule has 49 heavy (non-hydrogen) atoms. The van der Waals surface area contributed by atoms with Gasteiger partial charge in [-0.05, 0) is 109 Å². The molecule has 0 saturated heterocycles. The van der Waals surface area contributed by atoms with Gasteiger partial charge in [0.25, 0.3) is 11.8 Å². The first kappa shape index (κ1) is 35.4. The number of methoxy groups -OCH3 is 1. The summed E-state index contributed by atoms with van der Waals surface area (Å²) in [4.78, 5) is 39.4. The molecular weight excluding hydrogens is 664 g/mol. The van der Waals surface area contributed by atoms with Crippen molar-refractivity contribution in [2.45, 2.75) is 50.6 Å². The molecule has 4 N–H and O–H groups in total. The molecule has 0 bridgehead atoms. The van der Waals surface area contributed by atoms with Crippen molar-refractivity contribution in [3.63, 3.8) is 0 Å². The fraction of sp³-hybridized carbons (Fsp3) is 0.250. The third-order valence-electron chi connectivity index (χ3n) is 8.47. The van der Waals surface area contributed by atoms with E-state index in [1.807, 2.05) is 12.1 Å². The number of benzene rings is 4. The van der Waals surface area contributed by atoms with Crippen molar-refractivity contribution in [1.29, 1.82) is 0 Å². The molecule has 256 valence electrons. The highest BCUT2D eigenvalue weighted by Crippen LogP contribution is 2.34. The van der Waals surface area contributed by atoms with E-state index in [-0.39, 0.29) is 29.4 Å². The summed E-state index contributed by atoms with van der Waals surface area (Å²) in [6.45, 7) is 0. The SMILES string of the molecule is COC(=O)N[C@H]1CCCc2c(C(=O)Nc3ccc(F)c(F)c3)cccc21.O=C(Nc1ccc(F)c(F)c1)c1cccc2c1CCC[C@@H]2NCl. The summed E-state index contributed by atoms with van der Waals surface area (Å²) in [6.07, 6.45) is 4.33. The second-order valence-corrected chi connectivity index (χ2v) is 11.8. The first-order chi connectivity index (χ1) is 23.6. The Morgan fingerprint density at radius 3 is 1.59 bits per heavy atom. The minimum absolute atomic E-state index is 0.0106. The van der Waals surface area contributed by atoms with Crippen LogP contribution in [0.1, 0.15) is 80.7 Å². The van der Waals surface area contributed by atoms with Crippen LogP contribution in [0.5, 0.6) is 0 Å². The van der Waals surface area contributed by atoms with E-state index in [1.54, 1.807) is 24.3 Å². The largest absolute Gasteiger partial charge is 0.453 e. The summed E-state index contributed by atoms with van der Waals surface area (Å²) in [5.74, 6) is -4.70. The van der Waals surface area contributed by atoms with Gasteiger partial charge in [0.1, 0.15) is 0 Å². The van der Waals surface area contributed by atoms with Gasteiger partial charge in [-0.25, -0.2) is 27.2 Å². The Bertz CT molecular complexity index is 1880. The summed E-state index contributed by atoms with van der Waals surface area (Å²) in [6, 6.07) is 17.0. The standard InChI is InChI=1S/C19H18F2N2O3.C17H15ClF2N2O/c1-26-19(25)23-17-7-3-4-12-13(17)5-2-6-14(12)18(24)22-11-8-9-15(20)16(21)10-11;18-22-16-6-2-3-11-12(16)4-1-5-13(11)17(23)21-10-7-8-14(19)15(20)9-10/h2,5-6,8-10,17H,3-4,7H2,1H3,(H,22,24)(H,23,25);1,4-5,7-9,16,22H,2-3,6H2,(H,21,23)/t17-;16-/m00/s1. The summed E-state index contributed by atoms with van der Waals surface area (Å²) < 4.78 is 57.2. The van der Waals surface area contributed by atoms with Crippen molar-refractivity contribution in [3.05, 3.63) is 129 Å². The number of hydrogen-bond donors (Lipinski definition) is 4. The van der Waals surface area contributed by atoms with Crippen LogP contribution in [0.3, 0.4) is 0 Å². The van der Waals surface area contributed by atoms with Gasteiger partial charge in [-0.1, -0.05) is 24.3 Å². The Kier molecular flexibility index (Phi) is 11.5. The third kappa shape index (κ3) is 8.38. The van der Waals surface area contributed by atoms with Gasteiger partial charge in [0, 0.05) is 40.7 Å². The molecule has 0 spiro atoms. The van der Waals surface area contributed by atoms with Crippen molar-refractivity contribution in [1.82, 2.24) is 10.2 Å². The molecular formula is C36H33ClF4N4O4. The predicted molar refractivity (Wildman–Crippen MR) is 177 cm³/mol. The van der Waals surface area contributed by atoms with Crippen LogP contribution in [0.4, 0.5) is 33.7 Å². The topological polar surface area (TPSA) is 109 Å². The summed E-state index contributed by atoms with van der Waals surface area (Å²) in [5.41, 5.74) is 5.01. The summed E-state index contributed by atoms with van der Waals surface area (Å²) >= 11 is 5.77.